The fraction of sp³-hybridized carbons (Fsp3) is 0.889. The molecule has 22 heavy (non-hydrogen) atoms. The van der Waals surface area contributed by atoms with Crippen LogP contribution in [0.25, 0.3) is 0 Å². The summed E-state index contributed by atoms with van der Waals surface area (Å²) < 4.78 is 0. The lowest BCUT2D eigenvalue weighted by Crippen LogP contribution is -2.21. The van der Waals surface area contributed by atoms with E-state index in [0.29, 0.717) is 12.8 Å². The maximum Gasteiger partial charge on any atom is 0.219 e. The quantitative estimate of drug-likeness (QED) is 0.450. The lowest BCUT2D eigenvalue weighted by atomic mass is 10.0. The molecular weight excluding hydrogens is 276 g/mol. The van der Waals surface area contributed by atoms with Gasteiger partial charge in [0.1, 0.15) is 0 Å². The van der Waals surface area contributed by atoms with E-state index in [9.17, 15) is 9.59 Å². The normalized spacial score (nSPS) is 10.5. The van der Waals surface area contributed by atoms with Gasteiger partial charge in [0.2, 0.25) is 11.8 Å². The Morgan fingerprint density at radius 3 is 1.09 bits per heavy atom. The molecule has 0 unspecified atom stereocenters. The molecule has 2 amide bonds. The van der Waals surface area contributed by atoms with Crippen LogP contribution in [-0.4, -0.2) is 24.9 Å². The second-order valence-electron chi connectivity index (χ2n) is 5.94. The molecule has 0 aliphatic rings. The van der Waals surface area contributed by atoms with Crippen molar-refractivity contribution >= 4 is 11.8 Å². The Hall–Kier alpha value is -1.06. The van der Waals surface area contributed by atoms with Crippen molar-refractivity contribution in [2.24, 2.45) is 0 Å². The molecule has 0 aromatic heterocycles. The molecule has 4 nitrogen and oxygen atoms in total. The predicted octanol–water partition coefficient (Wildman–Crippen LogP) is 3.94. The summed E-state index contributed by atoms with van der Waals surface area (Å²) in [5.41, 5.74) is 0. The van der Waals surface area contributed by atoms with E-state index in [-0.39, 0.29) is 11.8 Å². The van der Waals surface area contributed by atoms with E-state index < -0.39 is 0 Å². The molecule has 0 bridgehead atoms. The third kappa shape index (κ3) is 15.3. The summed E-state index contributed by atoms with van der Waals surface area (Å²) >= 11 is 0. The topological polar surface area (TPSA) is 58.2 Å². The van der Waals surface area contributed by atoms with Gasteiger partial charge in [-0.05, 0) is 26.7 Å². The lowest BCUT2D eigenvalue weighted by molar-refractivity contribution is -0.121. The highest BCUT2D eigenvalue weighted by Gasteiger charge is 2.00. The fourth-order valence-electron chi connectivity index (χ4n) is 2.56. The Kier molecular flexibility index (Phi) is 15.5. The standard InChI is InChI=1S/C18H36N2O2/c1-3-19-17(21)15-13-11-9-7-5-6-8-10-12-14-16-18(22)20-4-2/h3-16H2,1-2H3,(H,19,21)(H,20,22). The average Bonchev–Trinajstić information content (AvgIpc) is 2.49. The van der Waals surface area contributed by atoms with Crippen molar-refractivity contribution in [3.63, 3.8) is 0 Å². The van der Waals surface area contributed by atoms with Crippen molar-refractivity contribution < 1.29 is 9.59 Å². The van der Waals surface area contributed by atoms with Crippen LogP contribution in [0.4, 0.5) is 0 Å². The van der Waals surface area contributed by atoms with Gasteiger partial charge in [0.15, 0.2) is 0 Å². The van der Waals surface area contributed by atoms with Gasteiger partial charge < -0.3 is 10.6 Å². The number of unbranched alkanes of at least 4 members (excludes halogenated alkanes) is 9. The molecule has 0 aliphatic carbocycles. The van der Waals surface area contributed by atoms with Gasteiger partial charge >= 0.3 is 0 Å². The number of carbonyl (C=O) groups excluding carboxylic acids is 2. The molecule has 0 aromatic carbocycles. The maximum absolute atomic E-state index is 11.2. The van der Waals surface area contributed by atoms with Crippen molar-refractivity contribution in [3.05, 3.63) is 0 Å². The highest BCUT2D eigenvalue weighted by Crippen LogP contribution is 2.11. The molecule has 130 valence electrons. The average molecular weight is 312 g/mol. The van der Waals surface area contributed by atoms with Crippen LogP contribution < -0.4 is 10.6 Å². The van der Waals surface area contributed by atoms with Gasteiger partial charge in [0.25, 0.3) is 0 Å². The van der Waals surface area contributed by atoms with Crippen LogP contribution in [0.15, 0.2) is 0 Å². The van der Waals surface area contributed by atoms with Crippen LogP contribution in [0.1, 0.15) is 90.9 Å². The van der Waals surface area contributed by atoms with E-state index in [1.807, 2.05) is 13.8 Å². The van der Waals surface area contributed by atoms with Gasteiger partial charge in [-0.1, -0.05) is 51.4 Å². The van der Waals surface area contributed by atoms with E-state index in [4.69, 9.17) is 0 Å². The largest absolute Gasteiger partial charge is 0.356 e. The number of amides is 2. The Balaban J connectivity index is 3.11. The van der Waals surface area contributed by atoms with E-state index in [2.05, 4.69) is 10.6 Å². The lowest BCUT2D eigenvalue weighted by Gasteiger charge is -2.04. The molecule has 0 aliphatic heterocycles. The Labute approximate surface area is 136 Å². The number of rotatable bonds is 15. The van der Waals surface area contributed by atoms with Crippen LogP contribution in [0.5, 0.6) is 0 Å². The summed E-state index contributed by atoms with van der Waals surface area (Å²) in [7, 11) is 0. The van der Waals surface area contributed by atoms with Crippen molar-refractivity contribution in [2.45, 2.75) is 90.9 Å². The van der Waals surface area contributed by atoms with Crippen molar-refractivity contribution in [2.75, 3.05) is 13.1 Å². The summed E-state index contributed by atoms with van der Waals surface area (Å²) in [5.74, 6) is 0.380. The second kappa shape index (κ2) is 16.3. The summed E-state index contributed by atoms with van der Waals surface area (Å²) in [4.78, 5) is 22.5. The molecule has 0 saturated carbocycles. The van der Waals surface area contributed by atoms with Crippen molar-refractivity contribution in [1.29, 1.82) is 0 Å². The van der Waals surface area contributed by atoms with E-state index >= 15 is 0 Å². The monoisotopic (exact) mass is 312 g/mol. The minimum absolute atomic E-state index is 0.190. The first kappa shape index (κ1) is 20.9. The molecule has 0 fully saturated rings. The third-order valence-corrected chi connectivity index (χ3v) is 3.81. The molecule has 4 heteroatoms. The third-order valence-electron chi connectivity index (χ3n) is 3.81. The Morgan fingerprint density at radius 1 is 0.545 bits per heavy atom. The van der Waals surface area contributed by atoms with Crippen LogP contribution in [0.2, 0.25) is 0 Å². The molecule has 0 spiro atoms. The van der Waals surface area contributed by atoms with Crippen LogP contribution in [0.3, 0.4) is 0 Å². The van der Waals surface area contributed by atoms with E-state index in [1.165, 1.54) is 51.4 Å². The fourth-order valence-corrected chi connectivity index (χ4v) is 2.56. The number of hydrogen-bond donors (Lipinski definition) is 2. The van der Waals surface area contributed by atoms with Gasteiger partial charge in [-0.15, -0.1) is 0 Å². The zero-order chi connectivity index (χ0) is 16.5. The van der Waals surface area contributed by atoms with Gasteiger partial charge in [-0.2, -0.15) is 0 Å². The summed E-state index contributed by atoms with van der Waals surface area (Å²) in [6, 6.07) is 0. The molecule has 2 N–H and O–H groups in total. The Bertz CT molecular complexity index is 252. The van der Waals surface area contributed by atoms with E-state index in [1.54, 1.807) is 0 Å². The maximum atomic E-state index is 11.2. The molecule has 0 saturated heterocycles. The van der Waals surface area contributed by atoms with Gasteiger partial charge in [-0.25, -0.2) is 0 Å². The minimum atomic E-state index is 0.190. The van der Waals surface area contributed by atoms with Gasteiger partial charge in [0, 0.05) is 25.9 Å². The molecular formula is C18H36N2O2. The predicted molar refractivity (Wildman–Crippen MR) is 92.8 cm³/mol. The first-order chi connectivity index (χ1) is 10.7. The van der Waals surface area contributed by atoms with Crippen LogP contribution in [0, 0.1) is 0 Å². The van der Waals surface area contributed by atoms with Gasteiger partial charge in [-0.3, -0.25) is 9.59 Å². The first-order valence-electron chi connectivity index (χ1n) is 9.24. The number of hydrogen-bond acceptors (Lipinski definition) is 2. The highest BCUT2D eigenvalue weighted by molar-refractivity contribution is 5.76. The molecule has 0 aromatic rings. The second-order valence-corrected chi connectivity index (χ2v) is 5.94. The molecule has 0 radical (unpaired) electrons. The zero-order valence-corrected chi connectivity index (χ0v) is 14.7. The SMILES string of the molecule is CCNC(=O)CCCCCCCCCCCCC(=O)NCC. The van der Waals surface area contributed by atoms with Gasteiger partial charge in [0.05, 0.1) is 0 Å². The molecule has 0 heterocycles. The number of nitrogens with one attached hydrogen (secondary N) is 2. The number of carbonyl (C=O) groups is 2. The zero-order valence-electron chi connectivity index (χ0n) is 14.7. The summed E-state index contributed by atoms with van der Waals surface area (Å²) in [5, 5.41) is 5.66. The first-order valence-corrected chi connectivity index (χ1v) is 9.24. The molecule has 0 atom stereocenters. The van der Waals surface area contributed by atoms with Crippen molar-refractivity contribution in [3.8, 4) is 0 Å². The summed E-state index contributed by atoms with van der Waals surface area (Å²) in [6.07, 6.45) is 13.4. The van der Waals surface area contributed by atoms with E-state index in [0.717, 1.165) is 25.9 Å². The highest BCUT2D eigenvalue weighted by atomic mass is 16.2. The van der Waals surface area contributed by atoms with Crippen LogP contribution in [-0.2, 0) is 9.59 Å². The van der Waals surface area contributed by atoms with Crippen molar-refractivity contribution in [1.82, 2.24) is 10.6 Å². The smallest absolute Gasteiger partial charge is 0.219 e. The van der Waals surface area contributed by atoms with Crippen LogP contribution >= 0.6 is 0 Å². The Morgan fingerprint density at radius 2 is 0.818 bits per heavy atom. The summed E-state index contributed by atoms with van der Waals surface area (Å²) in [6.45, 7) is 5.39. The molecule has 0 rings (SSSR count). The minimum Gasteiger partial charge on any atom is -0.356 e.